The fourth-order valence-electron chi connectivity index (χ4n) is 2.87. The first-order valence-electron chi connectivity index (χ1n) is 10.4. The van der Waals surface area contributed by atoms with Crippen molar-refractivity contribution in [2.75, 3.05) is 13.1 Å². The van der Waals surface area contributed by atoms with E-state index in [2.05, 4.69) is 30.7 Å². The number of primary amides is 1. The van der Waals surface area contributed by atoms with Crippen LogP contribution in [0.5, 0.6) is 0 Å². The fraction of sp³-hybridized carbons (Fsp3) is 0.435. The predicted molar refractivity (Wildman–Crippen MR) is 118 cm³/mol. The molecular weight excluding hydrogens is 380 g/mol. The zero-order valence-electron chi connectivity index (χ0n) is 18.2. The minimum absolute atomic E-state index is 0.0121. The van der Waals surface area contributed by atoms with Crippen molar-refractivity contribution < 1.29 is 14.4 Å². The third kappa shape index (κ3) is 7.39. The number of aldehydes is 1. The molecular formula is C23H32N4O3. The number of carbonyl (C=O) groups excluding carboxylic acids is 3. The maximum absolute atomic E-state index is 12.8. The van der Waals surface area contributed by atoms with E-state index in [9.17, 15) is 14.4 Å². The molecule has 0 saturated carbocycles. The maximum Gasteiger partial charge on any atom is 0.253 e. The summed E-state index contributed by atoms with van der Waals surface area (Å²) in [5.74, 6) is -0.810. The van der Waals surface area contributed by atoms with E-state index in [1.165, 1.54) is 0 Å². The highest BCUT2D eigenvalue weighted by atomic mass is 16.2. The zero-order chi connectivity index (χ0) is 22.5. The van der Waals surface area contributed by atoms with E-state index in [1.54, 1.807) is 31.2 Å². The molecule has 0 aliphatic carbocycles. The van der Waals surface area contributed by atoms with Crippen molar-refractivity contribution in [3.63, 3.8) is 0 Å². The van der Waals surface area contributed by atoms with Gasteiger partial charge in [0.25, 0.3) is 11.8 Å². The summed E-state index contributed by atoms with van der Waals surface area (Å²) in [4.78, 5) is 37.2. The first-order valence-corrected chi connectivity index (χ1v) is 10.4. The Morgan fingerprint density at radius 3 is 2.07 bits per heavy atom. The topological polar surface area (TPSA) is 105 Å². The average Bonchev–Trinajstić information content (AvgIpc) is 2.75. The lowest BCUT2D eigenvalue weighted by Gasteiger charge is -2.22. The largest absolute Gasteiger partial charge is 0.365 e. The molecule has 0 unspecified atom stereocenters. The molecule has 7 heteroatoms. The number of hydrogen-bond acceptors (Lipinski definition) is 5. The summed E-state index contributed by atoms with van der Waals surface area (Å²) in [6.45, 7) is 11.3. The molecule has 0 radical (unpaired) electrons. The number of unbranched alkanes of at least 4 members (excludes halogenated alkanes) is 2. The van der Waals surface area contributed by atoms with E-state index in [4.69, 9.17) is 5.73 Å². The molecule has 0 aliphatic heterocycles. The van der Waals surface area contributed by atoms with Crippen molar-refractivity contribution in [2.45, 2.75) is 52.9 Å². The average molecular weight is 413 g/mol. The molecule has 1 rings (SSSR count). The third-order valence-electron chi connectivity index (χ3n) is 4.66. The first kappa shape index (κ1) is 24.9. The van der Waals surface area contributed by atoms with Crippen LogP contribution in [0.15, 0.2) is 57.9 Å². The van der Waals surface area contributed by atoms with Gasteiger partial charge in [-0.25, -0.2) is 0 Å². The summed E-state index contributed by atoms with van der Waals surface area (Å²) in [6, 6.07) is 6.85. The van der Waals surface area contributed by atoms with Gasteiger partial charge in [0.1, 0.15) is 0 Å². The number of azo groups is 1. The summed E-state index contributed by atoms with van der Waals surface area (Å²) in [5.41, 5.74) is 6.76. The Labute approximate surface area is 178 Å². The van der Waals surface area contributed by atoms with Crippen molar-refractivity contribution in [1.82, 2.24) is 4.90 Å². The van der Waals surface area contributed by atoms with E-state index in [0.717, 1.165) is 38.8 Å². The summed E-state index contributed by atoms with van der Waals surface area (Å²) >= 11 is 0. The van der Waals surface area contributed by atoms with Crippen LogP contribution in [-0.2, 0) is 9.59 Å². The van der Waals surface area contributed by atoms with Gasteiger partial charge in [0.15, 0.2) is 6.29 Å². The second-order valence-electron chi connectivity index (χ2n) is 6.92. The highest BCUT2D eigenvalue weighted by Crippen LogP contribution is 2.21. The molecule has 2 amide bonds. The molecule has 2 N–H and O–H groups in total. The van der Waals surface area contributed by atoms with Crippen LogP contribution in [0.2, 0.25) is 0 Å². The highest BCUT2D eigenvalue weighted by Gasteiger charge is 2.15. The van der Waals surface area contributed by atoms with Crippen LogP contribution < -0.4 is 5.73 Å². The number of benzene rings is 1. The van der Waals surface area contributed by atoms with Crippen LogP contribution >= 0.6 is 0 Å². The Balaban J connectivity index is 2.95. The Kier molecular flexibility index (Phi) is 11.0. The molecule has 1 aromatic carbocycles. The Morgan fingerprint density at radius 2 is 1.63 bits per heavy atom. The van der Waals surface area contributed by atoms with E-state index in [-0.39, 0.29) is 17.2 Å². The molecule has 0 spiro atoms. The minimum atomic E-state index is -0.822. The van der Waals surface area contributed by atoms with E-state index >= 15 is 0 Å². The standard InChI is InChI=1S/C23H32N4O3/c1-5-8-14-27(15-9-6-2)23(30)18-10-12-19(13-11-18)26-25-17(4)20(7-3)21(16-28)22(24)29/h10-13,16H,4-9,14-15H2,1-3H3,(H2,24,29)/b21-20+,26-25?. The van der Waals surface area contributed by atoms with Crippen LogP contribution in [0.1, 0.15) is 63.2 Å². The van der Waals surface area contributed by atoms with Crippen LogP contribution in [0.25, 0.3) is 0 Å². The summed E-state index contributed by atoms with van der Waals surface area (Å²) in [7, 11) is 0. The van der Waals surface area contributed by atoms with Crippen molar-refractivity contribution in [2.24, 2.45) is 16.0 Å². The summed E-state index contributed by atoms with van der Waals surface area (Å²) in [5, 5.41) is 8.11. The maximum atomic E-state index is 12.8. The van der Waals surface area contributed by atoms with Gasteiger partial charge >= 0.3 is 0 Å². The normalized spacial score (nSPS) is 11.8. The molecule has 30 heavy (non-hydrogen) atoms. The molecule has 0 saturated heterocycles. The Hall–Kier alpha value is -3.09. The molecule has 0 bridgehead atoms. The van der Waals surface area contributed by atoms with Gasteiger partial charge in [-0.15, -0.1) is 0 Å². The van der Waals surface area contributed by atoms with Crippen LogP contribution in [-0.4, -0.2) is 36.1 Å². The smallest absolute Gasteiger partial charge is 0.253 e. The fourth-order valence-corrected chi connectivity index (χ4v) is 2.87. The molecule has 0 aliphatic rings. The molecule has 0 fully saturated rings. The lowest BCUT2D eigenvalue weighted by molar-refractivity contribution is -0.116. The summed E-state index contributed by atoms with van der Waals surface area (Å²) < 4.78 is 0. The number of rotatable bonds is 13. The van der Waals surface area contributed by atoms with Gasteiger partial charge in [0, 0.05) is 18.7 Å². The quantitative estimate of drug-likeness (QED) is 0.127. The van der Waals surface area contributed by atoms with Gasteiger partial charge in [-0.05, 0) is 49.1 Å². The van der Waals surface area contributed by atoms with Crippen LogP contribution in [0.4, 0.5) is 5.69 Å². The SMILES string of the molecule is C=C(N=Nc1ccc(C(=O)N(CCCC)CCCC)cc1)/C(CC)=C(\C=O)C(N)=O. The van der Waals surface area contributed by atoms with E-state index in [1.807, 2.05) is 4.90 Å². The minimum Gasteiger partial charge on any atom is -0.365 e. The van der Waals surface area contributed by atoms with Gasteiger partial charge in [0.2, 0.25) is 0 Å². The van der Waals surface area contributed by atoms with Crippen molar-refractivity contribution in [1.29, 1.82) is 0 Å². The number of nitrogens with zero attached hydrogens (tertiary/aromatic N) is 3. The molecule has 1 aromatic rings. The van der Waals surface area contributed by atoms with Gasteiger partial charge in [0.05, 0.1) is 17.0 Å². The van der Waals surface area contributed by atoms with Gasteiger partial charge < -0.3 is 10.6 Å². The van der Waals surface area contributed by atoms with Gasteiger partial charge in [-0.3, -0.25) is 14.4 Å². The number of allylic oxidation sites excluding steroid dienone is 1. The highest BCUT2D eigenvalue weighted by molar-refractivity contribution is 6.11. The van der Waals surface area contributed by atoms with E-state index < -0.39 is 5.91 Å². The number of amides is 2. The lowest BCUT2D eigenvalue weighted by Crippen LogP contribution is -2.32. The Morgan fingerprint density at radius 1 is 1.07 bits per heavy atom. The second kappa shape index (κ2) is 13.2. The van der Waals surface area contributed by atoms with Crippen LogP contribution in [0, 0.1) is 0 Å². The van der Waals surface area contributed by atoms with Crippen molar-refractivity contribution >= 4 is 23.8 Å². The number of carbonyl (C=O) groups is 3. The first-order chi connectivity index (χ1) is 14.4. The molecule has 7 nitrogen and oxygen atoms in total. The van der Waals surface area contributed by atoms with Crippen LogP contribution in [0.3, 0.4) is 0 Å². The number of nitrogens with two attached hydrogens (primary N) is 1. The summed E-state index contributed by atoms with van der Waals surface area (Å²) in [6.07, 6.45) is 4.80. The van der Waals surface area contributed by atoms with E-state index in [0.29, 0.717) is 29.5 Å². The molecule has 0 atom stereocenters. The molecule has 0 aromatic heterocycles. The molecule has 0 heterocycles. The van der Waals surface area contributed by atoms with Gasteiger partial charge in [-0.1, -0.05) is 40.2 Å². The number of hydrogen-bond donors (Lipinski definition) is 1. The molecule has 162 valence electrons. The van der Waals surface area contributed by atoms with Crippen molar-refractivity contribution in [3.8, 4) is 0 Å². The lowest BCUT2D eigenvalue weighted by atomic mass is 10.0. The van der Waals surface area contributed by atoms with Gasteiger partial charge in [-0.2, -0.15) is 10.2 Å². The second-order valence-corrected chi connectivity index (χ2v) is 6.92. The monoisotopic (exact) mass is 412 g/mol. The Bertz CT molecular complexity index is 802. The third-order valence-corrected chi connectivity index (χ3v) is 4.66. The predicted octanol–water partition coefficient (Wildman–Crippen LogP) is 4.72. The zero-order valence-corrected chi connectivity index (χ0v) is 18.2. The van der Waals surface area contributed by atoms with Crippen molar-refractivity contribution in [3.05, 3.63) is 53.3 Å².